The van der Waals surface area contributed by atoms with Crippen LogP contribution < -0.4 is 49.5 Å². The van der Waals surface area contributed by atoms with Gasteiger partial charge in [0.25, 0.3) is 23.6 Å². The van der Waals surface area contributed by atoms with Gasteiger partial charge in [-0.1, -0.05) is 133 Å². The van der Waals surface area contributed by atoms with Gasteiger partial charge in [-0.15, -0.1) is 0 Å². The van der Waals surface area contributed by atoms with Gasteiger partial charge < -0.3 is 78.7 Å². The Morgan fingerprint density at radius 2 is 0.780 bits per heavy atom. The summed E-state index contributed by atoms with van der Waals surface area (Å²) < 4.78 is 21.8. The van der Waals surface area contributed by atoms with Gasteiger partial charge in [-0.05, 0) is 218 Å². The number of halogens is 1. The standard InChI is InChI=1S/C26H28N4O3.2C25H28N4O3.C24H24ClN3O2/c1-17(31)30-23-4-2-3-18(13-23)15-29-26(32)21-7-5-20(6-8-21)24-14-22(16-28-25(24)27)19-9-11-33-12-10-19;2*1-16-13-19(23-24(26)27-14-21(28-23)18-9-11-32-12-10-18)7-8-20(16)25(31)29-22(15-30)17-5-3-2-4-6-17;25-21-3-1-2-16(12-21)14-28-24(29)19-6-4-18(5-7-19)22-13-20(15-27-23(22)26)17-8-10-30-11-9-17/h2-8,13-14,16,19H,9-12,15H2,1H3,(H2,27,28)(H,29,32)(H,30,31);2*2-8,13-14,18,22,30H,9-12,15H2,1H3,(H2,26,27)(H,29,31);1-7,12-13,15,17H,8-11,14H2,(H2,26,27)(H,28,29)/t;2*22-;/m.11./s1. The summed E-state index contributed by atoms with van der Waals surface area (Å²) in [6.45, 7) is 11.6. The highest BCUT2D eigenvalue weighted by Crippen LogP contribution is 2.37. The molecule has 4 fully saturated rings. The maximum absolute atomic E-state index is 12.9. The van der Waals surface area contributed by atoms with Gasteiger partial charge in [0.1, 0.15) is 34.7 Å². The quantitative estimate of drug-likeness (QED) is 0.0283. The number of rotatable bonds is 23. The maximum Gasteiger partial charge on any atom is 0.252 e. The molecule has 8 heterocycles. The Morgan fingerprint density at radius 1 is 0.409 bits per heavy atom. The Morgan fingerprint density at radius 3 is 1.16 bits per heavy atom. The van der Waals surface area contributed by atoms with Crippen molar-refractivity contribution in [3.63, 3.8) is 0 Å². The number of carbonyl (C=O) groups excluding carboxylic acids is 5. The SMILES string of the molecule is CC(=O)Nc1cccc(CNC(=O)c2ccc(-c3cc(C4CCOCC4)cnc3N)cc2)c1.Cc1cc(-c2nc(C3CCOCC3)cnc2N)ccc1C(=O)N[C@H](CO)c1ccccc1.Cc1cc(-c2nc(C3CCOCC3)cnc2N)ccc1C(=O)N[C@H](CO)c1ccccc1.Nc1ncc(C2CCOCC2)cc1-c1ccc(C(=O)NCc2cccc(Cl)c2)cc1. The number of nitrogens with two attached hydrogens (primary N) is 4. The number of nitrogens with one attached hydrogen (secondary N) is 5. The lowest BCUT2D eigenvalue weighted by Gasteiger charge is -2.22. The number of amides is 5. The molecule has 127 heavy (non-hydrogen) atoms. The fourth-order valence-electron chi connectivity index (χ4n) is 15.8. The number of hydrogen-bond donors (Lipinski definition) is 11. The molecule has 4 aliphatic heterocycles. The lowest BCUT2D eigenvalue weighted by atomic mass is 9.91. The monoisotopic (exact) mass is 1730 g/mol. The number of hydrogen-bond acceptors (Lipinski definition) is 21. The third kappa shape index (κ3) is 25.1. The van der Waals surface area contributed by atoms with Crippen LogP contribution in [0.4, 0.5) is 29.0 Å². The fourth-order valence-corrected chi connectivity index (χ4v) is 16.0. The minimum atomic E-state index is -0.472. The summed E-state index contributed by atoms with van der Waals surface area (Å²) in [5.74, 6) is 2.27. The normalized spacial score (nSPS) is 14.8. The highest BCUT2D eigenvalue weighted by atomic mass is 35.5. The molecule has 2 atom stereocenters. The first-order valence-electron chi connectivity index (χ1n) is 42.8. The van der Waals surface area contributed by atoms with E-state index in [4.69, 9.17) is 63.5 Å². The summed E-state index contributed by atoms with van der Waals surface area (Å²) in [5.41, 5.74) is 43.4. The van der Waals surface area contributed by atoms with Crippen LogP contribution in [0.1, 0.15) is 191 Å². The highest BCUT2D eigenvalue weighted by Gasteiger charge is 2.27. The number of aryl methyl sites for hydroxylation is 2. The predicted molar refractivity (Wildman–Crippen MR) is 495 cm³/mol. The van der Waals surface area contributed by atoms with E-state index in [2.05, 4.69) is 58.7 Å². The van der Waals surface area contributed by atoms with E-state index >= 15 is 0 Å². The van der Waals surface area contributed by atoms with Crippen LogP contribution in [0.5, 0.6) is 0 Å². The van der Waals surface area contributed by atoms with Gasteiger partial charge >= 0.3 is 0 Å². The van der Waals surface area contributed by atoms with E-state index in [1.807, 2.05) is 196 Å². The molecule has 0 radical (unpaired) electrons. The molecule has 8 aromatic carbocycles. The van der Waals surface area contributed by atoms with E-state index in [0.29, 0.717) is 104 Å². The van der Waals surface area contributed by atoms with Gasteiger partial charge in [0.2, 0.25) is 5.91 Å². The van der Waals surface area contributed by atoms with Gasteiger partial charge in [-0.2, -0.15) is 0 Å². The van der Waals surface area contributed by atoms with Crippen LogP contribution in [-0.2, 0) is 36.8 Å². The molecule has 4 saturated heterocycles. The lowest BCUT2D eigenvalue weighted by Crippen LogP contribution is -2.31. The molecule has 26 nitrogen and oxygen atoms in total. The summed E-state index contributed by atoms with van der Waals surface area (Å²) >= 11 is 5.99. The minimum Gasteiger partial charge on any atom is -0.394 e. The third-order valence-electron chi connectivity index (χ3n) is 23.0. The van der Waals surface area contributed by atoms with E-state index < -0.39 is 12.1 Å². The molecule has 0 saturated carbocycles. The number of anilines is 5. The zero-order chi connectivity index (χ0) is 89.1. The number of carbonyl (C=O) groups is 5. The Kier molecular flexibility index (Phi) is 32.5. The molecule has 656 valence electrons. The van der Waals surface area contributed by atoms with E-state index in [0.717, 1.165) is 182 Å². The maximum atomic E-state index is 12.9. The topological polar surface area (TPSA) is 404 Å². The molecular weight excluding hydrogens is 1620 g/mol. The van der Waals surface area contributed by atoms with Crippen LogP contribution in [0.25, 0.3) is 44.8 Å². The van der Waals surface area contributed by atoms with Crippen LogP contribution >= 0.6 is 11.6 Å². The molecule has 12 aromatic rings. The van der Waals surface area contributed by atoms with E-state index in [9.17, 15) is 34.2 Å². The second-order valence-electron chi connectivity index (χ2n) is 31.8. The first kappa shape index (κ1) is 91.5. The van der Waals surface area contributed by atoms with Crippen molar-refractivity contribution in [3.05, 3.63) is 314 Å². The summed E-state index contributed by atoms with van der Waals surface area (Å²) in [6, 6.07) is 62.8. The molecule has 4 aliphatic rings. The van der Waals surface area contributed by atoms with Crippen molar-refractivity contribution in [3.8, 4) is 44.8 Å². The van der Waals surface area contributed by atoms with Crippen LogP contribution in [0.15, 0.2) is 231 Å². The van der Waals surface area contributed by atoms with E-state index in [1.54, 1.807) is 36.7 Å². The molecule has 15 N–H and O–H groups in total. The van der Waals surface area contributed by atoms with Gasteiger partial charge in [0.05, 0.1) is 49.1 Å². The van der Waals surface area contributed by atoms with Crippen LogP contribution in [0.3, 0.4) is 0 Å². The Hall–Kier alpha value is -13.2. The zero-order valence-electron chi connectivity index (χ0n) is 71.5. The number of nitrogen functional groups attached to an aromatic ring is 4. The summed E-state index contributed by atoms with van der Waals surface area (Å²) in [6.07, 6.45) is 14.9. The van der Waals surface area contributed by atoms with Crippen molar-refractivity contribution in [1.82, 2.24) is 51.2 Å². The largest absolute Gasteiger partial charge is 0.394 e. The van der Waals surface area contributed by atoms with E-state index in [-0.39, 0.29) is 42.7 Å². The lowest BCUT2D eigenvalue weighted by molar-refractivity contribution is -0.114. The molecular formula is C100H108ClN15O11. The Balaban J connectivity index is 0.000000145. The second-order valence-corrected chi connectivity index (χ2v) is 32.3. The minimum absolute atomic E-state index is 0.134. The van der Waals surface area contributed by atoms with Crippen molar-refractivity contribution in [2.45, 2.75) is 121 Å². The number of aliphatic hydroxyl groups is 2. The number of aliphatic hydroxyl groups excluding tert-OH is 2. The van der Waals surface area contributed by atoms with Crippen molar-refractivity contribution in [2.24, 2.45) is 0 Å². The number of nitrogens with zero attached hydrogens (tertiary/aromatic N) is 6. The van der Waals surface area contributed by atoms with Crippen molar-refractivity contribution < 1.29 is 53.1 Å². The van der Waals surface area contributed by atoms with Gasteiger partial charge in [0.15, 0.2) is 0 Å². The first-order valence-corrected chi connectivity index (χ1v) is 43.2. The zero-order valence-corrected chi connectivity index (χ0v) is 72.2. The molecule has 4 aromatic heterocycles. The molecule has 0 bridgehead atoms. The van der Waals surface area contributed by atoms with Gasteiger partial charge in [0, 0.05) is 152 Å². The smallest absolute Gasteiger partial charge is 0.252 e. The number of aromatic nitrogens is 6. The van der Waals surface area contributed by atoms with Crippen LogP contribution in [0, 0.1) is 13.8 Å². The first-order chi connectivity index (χ1) is 61.7. The Bertz CT molecular complexity index is 5560. The van der Waals surface area contributed by atoms with Crippen molar-refractivity contribution in [2.75, 3.05) is 94.3 Å². The van der Waals surface area contributed by atoms with Crippen LogP contribution in [0.2, 0.25) is 5.02 Å². The summed E-state index contributed by atoms with van der Waals surface area (Å²) in [5, 5.41) is 34.6. The molecule has 0 aliphatic carbocycles. The molecule has 0 spiro atoms. The molecule has 27 heteroatoms. The van der Waals surface area contributed by atoms with Crippen molar-refractivity contribution >= 4 is 70.1 Å². The van der Waals surface area contributed by atoms with Gasteiger partial charge in [-0.3, -0.25) is 24.0 Å². The second kappa shape index (κ2) is 45.1. The average Bonchev–Trinajstić information content (AvgIpc) is 0.810. The number of ether oxygens (including phenoxy) is 4. The Labute approximate surface area is 744 Å². The summed E-state index contributed by atoms with van der Waals surface area (Å²) in [4.78, 5) is 89.3. The third-order valence-corrected chi connectivity index (χ3v) is 23.2. The molecule has 16 rings (SSSR count). The predicted octanol–water partition coefficient (Wildman–Crippen LogP) is 15.7. The van der Waals surface area contributed by atoms with Crippen molar-refractivity contribution in [1.29, 1.82) is 0 Å². The van der Waals surface area contributed by atoms with Crippen LogP contribution in [-0.4, -0.2) is 136 Å². The van der Waals surface area contributed by atoms with E-state index in [1.165, 1.54) is 18.1 Å². The van der Waals surface area contributed by atoms with Gasteiger partial charge in [-0.25, -0.2) is 29.9 Å². The fraction of sp³-hybridized carbons (Fsp3) is 0.290. The molecule has 5 amide bonds. The summed E-state index contributed by atoms with van der Waals surface area (Å²) in [7, 11) is 0. The number of benzene rings is 8. The highest BCUT2D eigenvalue weighted by molar-refractivity contribution is 6.30. The average molecular weight is 1730 g/mol. The molecule has 0 unspecified atom stereocenters. The number of pyridine rings is 2.